The third-order valence-corrected chi connectivity index (χ3v) is 4.80. The number of carbonyl (C=O) groups is 1. The smallest absolute Gasteiger partial charge is 0.241 e. The second-order valence-electron chi connectivity index (χ2n) is 6.57. The molecule has 1 aliphatic rings. The molecule has 0 saturated heterocycles. The average Bonchev–Trinajstić information content (AvgIpc) is 2.34. The SMILES string of the molecule is CCOC1CC(N)(C(=O)NC(CC)C(C)C)C1(C)C. The number of hydrogen-bond donors (Lipinski definition) is 2. The molecule has 1 aliphatic carbocycles. The zero-order chi connectivity index (χ0) is 14.8. The van der Waals surface area contributed by atoms with E-state index in [2.05, 4.69) is 26.1 Å². The van der Waals surface area contributed by atoms with E-state index < -0.39 is 5.54 Å². The predicted molar refractivity (Wildman–Crippen MR) is 77.8 cm³/mol. The van der Waals surface area contributed by atoms with E-state index in [-0.39, 0.29) is 23.5 Å². The van der Waals surface area contributed by atoms with Gasteiger partial charge in [-0.1, -0.05) is 34.6 Å². The minimum atomic E-state index is -0.810. The van der Waals surface area contributed by atoms with Gasteiger partial charge in [-0.15, -0.1) is 0 Å². The standard InChI is InChI=1S/C15H30N2O2/c1-7-11(10(3)4)17-13(18)15(16)9-12(19-8-2)14(15,5)6/h10-12H,7-9,16H2,1-6H3,(H,17,18). The molecule has 19 heavy (non-hydrogen) atoms. The van der Waals surface area contributed by atoms with Crippen molar-refractivity contribution in [2.75, 3.05) is 6.61 Å². The van der Waals surface area contributed by atoms with Crippen molar-refractivity contribution in [1.29, 1.82) is 0 Å². The predicted octanol–water partition coefficient (Wildman–Crippen LogP) is 2.07. The van der Waals surface area contributed by atoms with Crippen LogP contribution < -0.4 is 11.1 Å². The van der Waals surface area contributed by atoms with E-state index >= 15 is 0 Å². The highest BCUT2D eigenvalue weighted by Crippen LogP contribution is 2.49. The molecule has 0 aromatic carbocycles. The molecule has 1 amide bonds. The maximum Gasteiger partial charge on any atom is 0.241 e. The molecule has 1 saturated carbocycles. The average molecular weight is 270 g/mol. The lowest BCUT2D eigenvalue weighted by atomic mass is 9.54. The first-order chi connectivity index (χ1) is 8.70. The number of carbonyl (C=O) groups excluding carboxylic acids is 1. The highest BCUT2D eigenvalue weighted by molar-refractivity contribution is 5.89. The molecule has 0 radical (unpaired) electrons. The highest BCUT2D eigenvalue weighted by Gasteiger charge is 2.62. The van der Waals surface area contributed by atoms with Crippen LogP contribution in [0.15, 0.2) is 0 Å². The van der Waals surface area contributed by atoms with Crippen molar-refractivity contribution < 1.29 is 9.53 Å². The normalized spacial score (nSPS) is 30.8. The van der Waals surface area contributed by atoms with E-state index in [4.69, 9.17) is 10.5 Å². The Labute approximate surface area is 117 Å². The second-order valence-corrected chi connectivity index (χ2v) is 6.57. The Balaban J connectivity index is 2.72. The molecule has 3 atom stereocenters. The van der Waals surface area contributed by atoms with E-state index in [1.54, 1.807) is 0 Å². The Morgan fingerprint density at radius 3 is 2.37 bits per heavy atom. The van der Waals surface area contributed by atoms with Crippen LogP contribution in [0.5, 0.6) is 0 Å². The Morgan fingerprint density at radius 2 is 2.00 bits per heavy atom. The van der Waals surface area contributed by atoms with Crippen LogP contribution in [0.3, 0.4) is 0 Å². The van der Waals surface area contributed by atoms with Gasteiger partial charge in [0.1, 0.15) is 5.54 Å². The molecule has 1 rings (SSSR count). The van der Waals surface area contributed by atoms with Gasteiger partial charge in [0.2, 0.25) is 5.91 Å². The van der Waals surface area contributed by atoms with E-state index in [0.717, 1.165) is 6.42 Å². The first-order valence-electron chi connectivity index (χ1n) is 7.42. The molecule has 0 spiro atoms. The summed E-state index contributed by atoms with van der Waals surface area (Å²) in [4.78, 5) is 12.5. The molecule has 3 unspecified atom stereocenters. The second kappa shape index (κ2) is 5.80. The van der Waals surface area contributed by atoms with Gasteiger partial charge in [0.25, 0.3) is 0 Å². The summed E-state index contributed by atoms with van der Waals surface area (Å²) >= 11 is 0. The van der Waals surface area contributed by atoms with Gasteiger partial charge in [-0.3, -0.25) is 4.79 Å². The quantitative estimate of drug-likeness (QED) is 0.776. The zero-order valence-electron chi connectivity index (χ0n) is 13.2. The van der Waals surface area contributed by atoms with Crippen LogP contribution in [0.4, 0.5) is 0 Å². The Kier molecular flexibility index (Phi) is 5.02. The summed E-state index contributed by atoms with van der Waals surface area (Å²) in [6, 6.07) is 0.190. The fourth-order valence-electron chi connectivity index (χ4n) is 2.86. The summed E-state index contributed by atoms with van der Waals surface area (Å²) < 4.78 is 5.66. The molecule has 0 aromatic heterocycles. The monoisotopic (exact) mass is 270 g/mol. The molecule has 112 valence electrons. The topological polar surface area (TPSA) is 64.3 Å². The first kappa shape index (κ1) is 16.4. The first-order valence-corrected chi connectivity index (χ1v) is 7.42. The van der Waals surface area contributed by atoms with E-state index in [9.17, 15) is 4.79 Å². The van der Waals surface area contributed by atoms with Crippen LogP contribution in [-0.2, 0) is 9.53 Å². The number of hydrogen-bond acceptors (Lipinski definition) is 3. The summed E-state index contributed by atoms with van der Waals surface area (Å²) in [6.45, 7) is 13.0. The van der Waals surface area contributed by atoms with Crippen LogP contribution in [0.2, 0.25) is 0 Å². The van der Waals surface area contributed by atoms with Crippen LogP contribution in [-0.4, -0.2) is 30.2 Å². The van der Waals surface area contributed by atoms with Crippen LogP contribution in [0, 0.1) is 11.3 Å². The number of amides is 1. The van der Waals surface area contributed by atoms with E-state index in [0.29, 0.717) is 18.9 Å². The van der Waals surface area contributed by atoms with Crippen molar-refractivity contribution in [2.45, 2.75) is 72.1 Å². The van der Waals surface area contributed by atoms with Gasteiger partial charge in [0.05, 0.1) is 6.10 Å². The third kappa shape index (κ3) is 2.79. The van der Waals surface area contributed by atoms with Crippen LogP contribution in [0.1, 0.15) is 54.4 Å². The summed E-state index contributed by atoms with van der Waals surface area (Å²) in [5.41, 5.74) is 5.23. The van der Waals surface area contributed by atoms with Gasteiger partial charge in [-0.05, 0) is 19.3 Å². The van der Waals surface area contributed by atoms with Crippen molar-refractivity contribution >= 4 is 5.91 Å². The van der Waals surface area contributed by atoms with Gasteiger partial charge in [-0.25, -0.2) is 0 Å². The number of ether oxygens (including phenoxy) is 1. The summed E-state index contributed by atoms with van der Waals surface area (Å²) in [6.07, 6.45) is 1.61. The maximum atomic E-state index is 12.5. The van der Waals surface area contributed by atoms with Crippen molar-refractivity contribution in [3.8, 4) is 0 Å². The van der Waals surface area contributed by atoms with Gasteiger partial charge < -0.3 is 15.8 Å². The largest absolute Gasteiger partial charge is 0.378 e. The van der Waals surface area contributed by atoms with Gasteiger partial charge in [0.15, 0.2) is 0 Å². The van der Waals surface area contributed by atoms with Crippen LogP contribution in [0.25, 0.3) is 0 Å². The molecule has 0 bridgehead atoms. The van der Waals surface area contributed by atoms with Gasteiger partial charge in [-0.2, -0.15) is 0 Å². The molecule has 1 fully saturated rings. The molecule has 4 heteroatoms. The maximum absolute atomic E-state index is 12.5. The van der Waals surface area contributed by atoms with Crippen molar-refractivity contribution in [3.05, 3.63) is 0 Å². The van der Waals surface area contributed by atoms with Gasteiger partial charge in [0, 0.05) is 24.5 Å². The highest BCUT2D eigenvalue weighted by atomic mass is 16.5. The van der Waals surface area contributed by atoms with E-state index in [1.807, 2.05) is 20.8 Å². The number of nitrogens with one attached hydrogen (secondary N) is 1. The Morgan fingerprint density at radius 1 is 1.42 bits per heavy atom. The molecule has 0 aromatic rings. The molecular weight excluding hydrogens is 240 g/mol. The molecule has 0 heterocycles. The van der Waals surface area contributed by atoms with E-state index in [1.165, 1.54) is 0 Å². The van der Waals surface area contributed by atoms with Crippen molar-refractivity contribution in [1.82, 2.24) is 5.32 Å². The molecule has 0 aliphatic heterocycles. The minimum Gasteiger partial charge on any atom is -0.378 e. The lowest BCUT2D eigenvalue weighted by Gasteiger charge is -2.57. The Hall–Kier alpha value is -0.610. The van der Waals surface area contributed by atoms with Crippen molar-refractivity contribution in [2.24, 2.45) is 17.1 Å². The minimum absolute atomic E-state index is 0.0333. The summed E-state index contributed by atoms with van der Waals surface area (Å²) in [7, 11) is 0. The van der Waals surface area contributed by atoms with Crippen molar-refractivity contribution in [3.63, 3.8) is 0 Å². The number of nitrogens with two attached hydrogens (primary N) is 1. The lowest BCUT2D eigenvalue weighted by Crippen LogP contribution is -2.76. The molecule has 3 N–H and O–H groups in total. The summed E-state index contributed by atoms with van der Waals surface area (Å²) in [5, 5.41) is 3.11. The van der Waals surface area contributed by atoms with Gasteiger partial charge >= 0.3 is 0 Å². The Bertz CT molecular complexity index is 328. The molecular formula is C15H30N2O2. The zero-order valence-corrected chi connectivity index (χ0v) is 13.2. The van der Waals surface area contributed by atoms with Crippen LogP contribution >= 0.6 is 0 Å². The molecule has 4 nitrogen and oxygen atoms in total. The lowest BCUT2D eigenvalue weighted by molar-refractivity contribution is -0.171. The fraction of sp³-hybridized carbons (Fsp3) is 0.933. The number of rotatable bonds is 6. The fourth-order valence-corrected chi connectivity index (χ4v) is 2.86. The summed E-state index contributed by atoms with van der Waals surface area (Å²) in [5.74, 6) is 0.387. The third-order valence-electron chi connectivity index (χ3n) is 4.80.